The van der Waals surface area contributed by atoms with E-state index in [1.165, 1.54) is 0 Å². The summed E-state index contributed by atoms with van der Waals surface area (Å²) in [5, 5.41) is 0.714. The Labute approximate surface area is 160 Å². The molecule has 2 aromatic carbocycles. The first-order chi connectivity index (χ1) is 12.3. The third kappa shape index (κ3) is 6.33. The molecule has 1 amide bonds. The van der Waals surface area contributed by atoms with E-state index in [4.69, 9.17) is 22.1 Å². The number of carbonyl (C=O) groups excluding carboxylic acids is 1. The lowest BCUT2D eigenvalue weighted by atomic mass is 10.1. The van der Waals surface area contributed by atoms with Crippen LogP contribution < -0.4 is 10.5 Å². The summed E-state index contributed by atoms with van der Waals surface area (Å²) in [4.78, 5) is 15.4. The highest BCUT2D eigenvalue weighted by Crippen LogP contribution is 2.24. The van der Waals surface area contributed by atoms with Crippen molar-refractivity contribution in [2.24, 2.45) is 5.73 Å². The molecule has 0 aliphatic rings. The van der Waals surface area contributed by atoms with Crippen LogP contribution in [0.1, 0.15) is 21.5 Å². The number of hydrogen-bond donors (Lipinski definition) is 1. The van der Waals surface area contributed by atoms with Gasteiger partial charge in [0.05, 0.1) is 0 Å². The lowest BCUT2D eigenvalue weighted by molar-refractivity contribution is 0.100. The Morgan fingerprint density at radius 2 is 1.77 bits per heavy atom. The van der Waals surface area contributed by atoms with E-state index >= 15 is 0 Å². The molecule has 0 fully saturated rings. The highest BCUT2D eigenvalue weighted by molar-refractivity contribution is 6.30. The zero-order chi connectivity index (χ0) is 19.1. The molecule has 5 nitrogen and oxygen atoms in total. The molecule has 2 rings (SSSR count). The molecule has 0 aliphatic carbocycles. The number of nitrogens with two attached hydrogens (primary N) is 1. The maximum atomic E-state index is 11.1. The standard InChI is InChI=1S/C20H26ClN3O2/c1-23(2)14-17-12-18(21)8-9-19(17)26-11-10-24(3)13-15-4-6-16(7-5-15)20(22)25/h4-9,12H,10-11,13-14H2,1-3H3,(H2,22,25). The van der Waals surface area contributed by atoms with Crippen LogP contribution in [0.15, 0.2) is 42.5 Å². The first-order valence-electron chi connectivity index (χ1n) is 8.48. The summed E-state index contributed by atoms with van der Waals surface area (Å²) in [7, 11) is 6.07. The topological polar surface area (TPSA) is 58.8 Å². The summed E-state index contributed by atoms with van der Waals surface area (Å²) < 4.78 is 5.96. The van der Waals surface area contributed by atoms with Gasteiger partial charge in [0.1, 0.15) is 12.4 Å². The lowest BCUT2D eigenvalue weighted by Gasteiger charge is -2.19. The summed E-state index contributed by atoms with van der Waals surface area (Å²) in [5.41, 5.74) is 7.98. The second kappa shape index (κ2) is 9.57. The van der Waals surface area contributed by atoms with Crippen LogP contribution in [0.3, 0.4) is 0 Å². The largest absolute Gasteiger partial charge is 0.492 e. The molecule has 0 aliphatic heterocycles. The number of primary amides is 1. The molecule has 0 saturated carbocycles. The fraction of sp³-hybridized carbons (Fsp3) is 0.350. The molecular formula is C20H26ClN3O2. The molecule has 0 radical (unpaired) electrons. The SMILES string of the molecule is CN(C)Cc1cc(Cl)ccc1OCCN(C)Cc1ccc(C(N)=O)cc1. The minimum absolute atomic E-state index is 0.408. The predicted octanol–water partition coefficient (Wildman–Crippen LogP) is 3.01. The molecule has 0 unspecified atom stereocenters. The van der Waals surface area contributed by atoms with Gasteiger partial charge >= 0.3 is 0 Å². The number of halogens is 1. The van der Waals surface area contributed by atoms with Crippen LogP contribution in [0.2, 0.25) is 5.02 Å². The van der Waals surface area contributed by atoms with Crippen LogP contribution in [0, 0.1) is 0 Å². The Bertz CT molecular complexity index is 732. The normalized spacial score (nSPS) is 11.2. The van der Waals surface area contributed by atoms with E-state index in [1.54, 1.807) is 12.1 Å². The molecule has 2 aromatic rings. The Morgan fingerprint density at radius 3 is 2.38 bits per heavy atom. The van der Waals surface area contributed by atoms with Crippen LogP contribution in [0.25, 0.3) is 0 Å². The van der Waals surface area contributed by atoms with Gasteiger partial charge in [-0.25, -0.2) is 0 Å². The third-order valence-electron chi connectivity index (χ3n) is 3.93. The van der Waals surface area contributed by atoms with Gasteiger partial charge in [0.15, 0.2) is 0 Å². The van der Waals surface area contributed by atoms with Gasteiger partial charge in [0, 0.05) is 35.8 Å². The number of benzene rings is 2. The second-order valence-corrected chi connectivity index (χ2v) is 7.07. The number of rotatable bonds is 9. The minimum Gasteiger partial charge on any atom is -0.492 e. The zero-order valence-electron chi connectivity index (χ0n) is 15.5. The minimum atomic E-state index is -0.408. The van der Waals surface area contributed by atoms with Crippen molar-refractivity contribution < 1.29 is 9.53 Å². The van der Waals surface area contributed by atoms with Gasteiger partial charge in [0.2, 0.25) is 5.91 Å². The zero-order valence-corrected chi connectivity index (χ0v) is 16.3. The van der Waals surface area contributed by atoms with E-state index in [0.29, 0.717) is 17.2 Å². The summed E-state index contributed by atoms with van der Waals surface area (Å²) in [6, 6.07) is 13.1. The fourth-order valence-electron chi connectivity index (χ4n) is 2.63. The van der Waals surface area contributed by atoms with E-state index in [0.717, 1.165) is 36.5 Å². The molecule has 140 valence electrons. The van der Waals surface area contributed by atoms with Crippen molar-refractivity contribution in [3.05, 3.63) is 64.2 Å². The maximum absolute atomic E-state index is 11.1. The van der Waals surface area contributed by atoms with Crippen molar-refractivity contribution in [3.8, 4) is 5.75 Å². The highest BCUT2D eigenvalue weighted by atomic mass is 35.5. The van der Waals surface area contributed by atoms with Crippen LogP contribution in [-0.4, -0.2) is 50.0 Å². The van der Waals surface area contributed by atoms with Gasteiger partial charge < -0.3 is 15.4 Å². The number of nitrogens with zero attached hydrogens (tertiary/aromatic N) is 2. The molecule has 2 N–H and O–H groups in total. The van der Waals surface area contributed by atoms with Gasteiger partial charge in [-0.05, 0) is 57.0 Å². The number of likely N-dealkylation sites (N-methyl/N-ethyl adjacent to an activating group) is 1. The first-order valence-corrected chi connectivity index (χ1v) is 8.86. The van der Waals surface area contributed by atoms with E-state index < -0.39 is 5.91 Å². The number of amides is 1. The smallest absolute Gasteiger partial charge is 0.248 e. The molecule has 0 saturated heterocycles. The summed E-state index contributed by atoms with van der Waals surface area (Å²) in [6.07, 6.45) is 0. The van der Waals surface area contributed by atoms with Crippen molar-refractivity contribution in [1.82, 2.24) is 9.80 Å². The monoisotopic (exact) mass is 375 g/mol. The number of hydrogen-bond acceptors (Lipinski definition) is 4. The molecule has 0 spiro atoms. The Kier molecular flexibility index (Phi) is 7.45. The van der Waals surface area contributed by atoms with Crippen LogP contribution in [0.4, 0.5) is 0 Å². The highest BCUT2D eigenvalue weighted by Gasteiger charge is 2.08. The second-order valence-electron chi connectivity index (χ2n) is 6.64. The quantitative estimate of drug-likeness (QED) is 0.732. The Hall–Kier alpha value is -2.08. The van der Waals surface area contributed by atoms with Crippen molar-refractivity contribution in [2.75, 3.05) is 34.3 Å². The summed E-state index contributed by atoms with van der Waals surface area (Å²) in [5.74, 6) is 0.456. The predicted molar refractivity (Wildman–Crippen MR) is 106 cm³/mol. The molecule has 0 atom stereocenters. The van der Waals surface area contributed by atoms with Crippen LogP contribution in [0.5, 0.6) is 5.75 Å². The van der Waals surface area contributed by atoms with E-state index in [1.807, 2.05) is 51.5 Å². The van der Waals surface area contributed by atoms with E-state index in [9.17, 15) is 4.79 Å². The number of carbonyl (C=O) groups is 1. The van der Waals surface area contributed by atoms with Crippen molar-refractivity contribution in [2.45, 2.75) is 13.1 Å². The average Bonchev–Trinajstić information content (AvgIpc) is 2.56. The Morgan fingerprint density at radius 1 is 1.08 bits per heavy atom. The molecule has 0 bridgehead atoms. The van der Waals surface area contributed by atoms with E-state index in [-0.39, 0.29) is 0 Å². The molecule has 6 heteroatoms. The van der Waals surface area contributed by atoms with Gasteiger partial charge in [-0.2, -0.15) is 0 Å². The summed E-state index contributed by atoms with van der Waals surface area (Å²) >= 11 is 6.09. The van der Waals surface area contributed by atoms with Crippen LogP contribution in [-0.2, 0) is 13.1 Å². The third-order valence-corrected chi connectivity index (χ3v) is 4.17. The molecular weight excluding hydrogens is 350 g/mol. The van der Waals surface area contributed by atoms with E-state index in [2.05, 4.69) is 9.80 Å². The average molecular weight is 376 g/mol. The molecule has 26 heavy (non-hydrogen) atoms. The Balaban J connectivity index is 1.86. The van der Waals surface area contributed by atoms with Crippen LogP contribution >= 0.6 is 11.6 Å². The van der Waals surface area contributed by atoms with Gasteiger partial charge in [0.25, 0.3) is 0 Å². The first kappa shape index (κ1) is 20.2. The van der Waals surface area contributed by atoms with Gasteiger partial charge in [-0.15, -0.1) is 0 Å². The van der Waals surface area contributed by atoms with Gasteiger partial charge in [-0.3, -0.25) is 9.69 Å². The van der Waals surface area contributed by atoms with Crippen molar-refractivity contribution >= 4 is 17.5 Å². The van der Waals surface area contributed by atoms with Crippen molar-refractivity contribution in [1.29, 1.82) is 0 Å². The lowest BCUT2D eigenvalue weighted by Crippen LogP contribution is -2.24. The molecule has 0 heterocycles. The number of ether oxygens (including phenoxy) is 1. The summed E-state index contributed by atoms with van der Waals surface area (Å²) in [6.45, 7) is 2.91. The molecule has 0 aromatic heterocycles. The van der Waals surface area contributed by atoms with Crippen molar-refractivity contribution in [3.63, 3.8) is 0 Å². The maximum Gasteiger partial charge on any atom is 0.248 e. The van der Waals surface area contributed by atoms with Gasteiger partial charge in [-0.1, -0.05) is 23.7 Å². The fourth-order valence-corrected chi connectivity index (χ4v) is 2.82.